The number of nitrogens with zero attached hydrogens (tertiary/aromatic N) is 2. The molecule has 2 nitrogen and oxygen atoms in total. The lowest BCUT2D eigenvalue weighted by Crippen LogP contribution is -2.14. The minimum atomic E-state index is 0. The van der Waals surface area contributed by atoms with Crippen LogP contribution in [-0.2, 0) is 6.42 Å². The molecular weight excluding hydrogens is 232 g/mol. The second-order valence-corrected chi connectivity index (χ2v) is 4.31. The average molecular weight is 251 g/mol. The van der Waals surface area contributed by atoms with E-state index in [9.17, 15) is 0 Å². The van der Waals surface area contributed by atoms with Crippen molar-refractivity contribution in [3.05, 3.63) is 54.4 Å². The SMILES string of the molecule is CN(C)CCc1ccc(-n2cccc2)cc1.Cl. The predicted molar refractivity (Wildman–Crippen MR) is 75.3 cm³/mol. The highest BCUT2D eigenvalue weighted by Crippen LogP contribution is 2.10. The highest BCUT2D eigenvalue weighted by Gasteiger charge is 1.97. The summed E-state index contributed by atoms with van der Waals surface area (Å²) in [6.45, 7) is 1.10. The largest absolute Gasteiger partial charge is 0.324 e. The van der Waals surface area contributed by atoms with Crippen molar-refractivity contribution in [2.45, 2.75) is 6.42 Å². The van der Waals surface area contributed by atoms with Crippen LogP contribution in [0.3, 0.4) is 0 Å². The van der Waals surface area contributed by atoms with E-state index in [0.717, 1.165) is 13.0 Å². The molecule has 17 heavy (non-hydrogen) atoms. The van der Waals surface area contributed by atoms with Gasteiger partial charge in [-0.3, -0.25) is 0 Å². The molecule has 0 saturated heterocycles. The lowest BCUT2D eigenvalue weighted by Gasteiger charge is -2.09. The van der Waals surface area contributed by atoms with E-state index in [2.05, 4.69) is 60.2 Å². The van der Waals surface area contributed by atoms with Crippen molar-refractivity contribution in [1.29, 1.82) is 0 Å². The third-order valence-electron chi connectivity index (χ3n) is 2.69. The van der Waals surface area contributed by atoms with Gasteiger partial charge in [-0.25, -0.2) is 0 Å². The third-order valence-corrected chi connectivity index (χ3v) is 2.69. The summed E-state index contributed by atoms with van der Waals surface area (Å²) in [5.41, 5.74) is 2.61. The molecule has 2 rings (SSSR count). The van der Waals surface area contributed by atoms with Gasteiger partial charge in [-0.2, -0.15) is 0 Å². The van der Waals surface area contributed by atoms with E-state index < -0.39 is 0 Å². The molecule has 0 aliphatic rings. The van der Waals surface area contributed by atoms with Crippen LogP contribution in [0.4, 0.5) is 0 Å². The van der Waals surface area contributed by atoms with Gasteiger partial charge in [-0.1, -0.05) is 12.1 Å². The second-order valence-electron chi connectivity index (χ2n) is 4.31. The zero-order chi connectivity index (χ0) is 11.4. The van der Waals surface area contributed by atoms with Crippen LogP contribution >= 0.6 is 12.4 Å². The van der Waals surface area contributed by atoms with Crippen LogP contribution in [0.2, 0.25) is 0 Å². The fourth-order valence-corrected chi connectivity index (χ4v) is 1.69. The maximum absolute atomic E-state index is 2.21. The van der Waals surface area contributed by atoms with Gasteiger partial charge in [-0.05, 0) is 50.3 Å². The van der Waals surface area contributed by atoms with Crippen molar-refractivity contribution in [2.24, 2.45) is 0 Å². The molecule has 0 amide bonds. The molecule has 0 N–H and O–H groups in total. The number of hydrogen-bond donors (Lipinski definition) is 0. The van der Waals surface area contributed by atoms with Crippen molar-refractivity contribution in [3.8, 4) is 5.69 Å². The Labute approximate surface area is 109 Å². The minimum Gasteiger partial charge on any atom is -0.324 e. The van der Waals surface area contributed by atoms with Gasteiger partial charge in [0.25, 0.3) is 0 Å². The van der Waals surface area contributed by atoms with Gasteiger partial charge in [0, 0.05) is 24.6 Å². The summed E-state index contributed by atoms with van der Waals surface area (Å²) in [6.07, 6.45) is 5.24. The van der Waals surface area contributed by atoms with E-state index in [1.807, 2.05) is 12.1 Å². The number of benzene rings is 1. The Hall–Kier alpha value is -1.25. The molecule has 0 radical (unpaired) electrons. The molecular formula is C14H19ClN2. The quantitative estimate of drug-likeness (QED) is 0.810. The number of rotatable bonds is 4. The first kappa shape index (κ1) is 13.8. The molecule has 2 aromatic rings. The summed E-state index contributed by atoms with van der Waals surface area (Å²) in [7, 11) is 4.21. The van der Waals surface area contributed by atoms with E-state index in [-0.39, 0.29) is 12.4 Å². The van der Waals surface area contributed by atoms with E-state index in [0.29, 0.717) is 0 Å². The first-order valence-corrected chi connectivity index (χ1v) is 5.63. The first-order chi connectivity index (χ1) is 7.75. The number of hydrogen-bond acceptors (Lipinski definition) is 1. The van der Waals surface area contributed by atoms with E-state index in [1.165, 1.54) is 11.3 Å². The fraction of sp³-hybridized carbons (Fsp3) is 0.286. The number of likely N-dealkylation sites (N-methyl/N-ethyl adjacent to an activating group) is 1. The van der Waals surface area contributed by atoms with E-state index in [1.54, 1.807) is 0 Å². The molecule has 3 heteroatoms. The van der Waals surface area contributed by atoms with Gasteiger partial charge in [0.15, 0.2) is 0 Å². The van der Waals surface area contributed by atoms with Crippen LogP contribution < -0.4 is 0 Å². The molecule has 1 aromatic carbocycles. The van der Waals surface area contributed by atoms with Crippen molar-refractivity contribution >= 4 is 12.4 Å². The van der Waals surface area contributed by atoms with Gasteiger partial charge in [-0.15, -0.1) is 12.4 Å². The lowest BCUT2D eigenvalue weighted by molar-refractivity contribution is 0.413. The summed E-state index contributed by atoms with van der Waals surface area (Å²) >= 11 is 0. The maximum atomic E-state index is 2.21. The standard InChI is InChI=1S/C14H18N2.ClH/c1-15(2)12-9-13-5-7-14(8-6-13)16-10-3-4-11-16;/h3-8,10-11H,9,12H2,1-2H3;1H. The highest BCUT2D eigenvalue weighted by molar-refractivity contribution is 5.85. The zero-order valence-corrected chi connectivity index (χ0v) is 11.2. The van der Waals surface area contributed by atoms with Crippen LogP contribution in [0.15, 0.2) is 48.8 Å². The van der Waals surface area contributed by atoms with Crippen LogP contribution in [0.1, 0.15) is 5.56 Å². The Morgan fingerprint density at radius 1 is 1.00 bits per heavy atom. The summed E-state index contributed by atoms with van der Waals surface area (Å²) in [4.78, 5) is 2.21. The van der Waals surface area contributed by atoms with Gasteiger partial charge in [0.1, 0.15) is 0 Å². The first-order valence-electron chi connectivity index (χ1n) is 5.63. The number of halogens is 1. The fourth-order valence-electron chi connectivity index (χ4n) is 1.69. The molecule has 0 fully saturated rings. The Bertz CT molecular complexity index is 418. The monoisotopic (exact) mass is 250 g/mol. The van der Waals surface area contributed by atoms with Crippen LogP contribution in [0.5, 0.6) is 0 Å². The molecule has 0 aliphatic carbocycles. The van der Waals surface area contributed by atoms with Crippen molar-refractivity contribution < 1.29 is 0 Å². The molecule has 0 aliphatic heterocycles. The number of aromatic nitrogens is 1. The summed E-state index contributed by atoms with van der Waals surface area (Å²) in [5, 5.41) is 0. The average Bonchev–Trinajstić information content (AvgIpc) is 2.80. The Morgan fingerprint density at radius 2 is 1.59 bits per heavy atom. The van der Waals surface area contributed by atoms with Gasteiger partial charge < -0.3 is 9.47 Å². The normalized spacial score (nSPS) is 10.3. The van der Waals surface area contributed by atoms with E-state index >= 15 is 0 Å². The van der Waals surface area contributed by atoms with Gasteiger partial charge >= 0.3 is 0 Å². The molecule has 0 spiro atoms. The summed E-state index contributed by atoms with van der Waals surface area (Å²) in [5.74, 6) is 0. The van der Waals surface area contributed by atoms with Crippen molar-refractivity contribution in [2.75, 3.05) is 20.6 Å². The summed E-state index contributed by atoms with van der Waals surface area (Å²) < 4.78 is 2.12. The minimum absolute atomic E-state index is 0. The highest BCUT2D eigenvalue weighted by atomic mass is 35.5. The van der Waals surface area contributed by atoms with Crippen LogP contribution in [-0.4, -0.2) is 30.1 Å². The predicted octanol–water partition coefficient (Wildman–Crippen LogP) is 3.00. The van der Waals surface area contributed by atoms with E-state index in [4.69, 9.17) is 0 Å². The van der Waals surface area contributed by atoms with Crippen LogP contribution in [0, 0.1) is 0 Å². The topological polar surface area (TPSA) is 8.17 Å². The molecule has 0 unspecified atom stereocenters. The Balaban J connectivity index is 0.00000144. The molecule has 0 bridgehead atoms. The maximum Gasteiger partial charge on any atom is 0.0449 e. The van der Waals surface area contributed by atoms with Crippen molar-refractivity contribution in [3.63, 3.8) is 0 Å². The third kappa shape index (κ3) is 3.91. The Kier molecular flexibility index (Phi) is 5.26. The van der Waals surface area contributed by atoms with Gasteiger partial charge in [0.05, 0.1) is 0 Å². The molecule has 1 heterocycles. The molecule has 0 atom stereocenters. The Morgan fingerprint density at radius 3 is 2.12 bits per heavy atom. The van der Waals surface area contributed by atoms with Crippen molar-refractivity contribution in [1.82, 2.24) is 9.47 Å². The summed E-state index contributed by atoms with van der Waals surface area (Å²) in [6, 6.07) is 12.8. The lowest BCUT2D eigenvalue weighted by atomic mass is 10.1. The molecule has 0 saturated carbocycles. The molecule has 92 valence electrons. The van der Waals surface area contributed by atoms with Crippen LogP contribution in [0.25, 0.3) is 5.69 Å². The second kappa shape index (κ2) is 6.48. The smallest absolute Gasteiger partial charge is 0.0449 e. The molecule has 1 aromatic heterocycles. The van der Waals surface area contributed by atoms with Gasteiger partial charge in [0.2, 0.25) is 0 Å². The zero-order valence-electron chi connectivity index (χ0n) is 10.3.